The Hall–Kier alpha value is -6.60. The van der Waals surface area contributed by atoms with Gasteiger partial charge in [-0.3, -0.25) is 0 Å². The number of allylic oxidation sites excluding steroid dienone is 8. The Balaban J connectivity index is 1.53. The summed E-state index contributed by atoms with van der Waals surface area (Å²) in [6.07, 6.45) is 7.10. The van der Waals surface area contributed by atoms with Gasteiger partial charge in [0.05, 0.1) is 22.3 Å². The van der Waals surface area contributed by atoms with E-state index in [0.29, 0.717) is 56.3 Å². The summed E-state index contributed by atoms with van der Waals surface area (Å²) in [7, 11) is 0. The van der Waals surface area contributed by atoms with E-state index in [0.717, 1.165) is 71.0 Å². The summed E-state index contributed by atoms with van der Waals surface area (Å²) in [6.45, 7) is 4.07. The van der Waals surface area contributed by atoms with E-state index in [4.69, 9.17) is 0 Å². The zero-order valence-electron chi connectivity index (χ0n) is 33.1. The Kier molecular flexibility index (Phi) is 13.5. The van der Waals surface area contributed by atoms with Gasteiger partial charge in [-0.05, 0) is 61.1 Å². The Morgan fingerprint density at radius 2 is 0.726 bits per heavy atom. The lowest BCUT2D eigenvalue weighted by Crippen LogP contribution is -2.17. The van der Waals surface area contributed by atoms with Crippen LogP contribution in [-0.4, -0.2) is 11.8 Å². The predicted molar refractivity (Wildman–Crippen MR) is 232 cm³/mol. The van der Waals surface area contributed by atoms with Crippen molar-refractivity contribution in [2.75, 3.05) is 0 Å². The molecule has 4 aromatic rings. The van der Waals surface area contributed by atoms with Gasteiger partial charge in [-0.1, -0.05) is 52.4 Å². The number of hydrogen-bond acceptors (Lipinski definition) is 12. The molecule has 2 aliphatic carbocycles. The molecule has 0 radical (unpaired) electrons. The molecular weight excluding hydrogens is 869 g/mol. The number of hydrogen-bond donors (Lipinski definition) is 0. The van der Waals surface area contributed by atoms with Crippen LogP contribution in [0.15, 0.2) is 46.6 Å². The molecule has 62 heavy (non-hydrogen) atoms. The number of rotatable bonds is 13. The number of halogens is 4. The molecule has 16 heteroatoms. The van der Waals surface area contributed by atoms with Crippen LogP contribution in [0.4, 0.5) is 17.6 Å². The first-order valence-corrected chi connectivity index (χ1v) is 22.6. The number of nitrogens with zero attached hydrogens (tertiary/aromatic N) is 8. The van der Waals surface area contributed by atoms with E-state index in [2.05, 4.69) is 0 Å². The van der Waals surface area contributed by atoms with E-state index in [1.54, 1.807) is 48.6 Å². The molecule has 4 aromatic heterocycles. The number of nitriles is 8. The molecule has 0 saturated heterocycles. The third kappa shape index (κ3) is 7.55. The fourth-order valence-electron chi connectivity index (χ4n) is 7.83. The van der Waals surface area contributed by atoms with E-state index < -0.39 is 56.4 Å². The molecule has 0 bridgehead atoms. The number of unbranched alkanes of at least 4 members (excludes halogenated alkanes) is 6. The van der Waals surface area contributed by atoms with Crippen LogP contribution >= 0.6 is 45.3 Å². The molecule has 0 aliphatic heterocycles. The summed E-state index contributed by atoms with van der Waals surface area (Å²) >= 11 is 4.69. The van der Waals surface area contributed by atoms with Gasteiger partial charge in [0.1, 0.15) is 70.8 Å². The maximum atomic E-state index is 16.3. The van der Waals surface area contributed by atoms with E-state index in [1.165, 1.54) is 22.7 Å². The van der Waals surface area contributed by atoms with Crippen LogP contribution in [0.3, 0.4) is 0 Å². The van der Waals surface area contributed by atoms with E-state index in [9.17, 15) is 42.1 Å². The number of alkyl halides is 4. The number of thiophene rings is 4. The van der Waals surface area contributed by atoms with Gasteiger partial charge in [-0.15, -0.1) is 45.3 Å². The van der Waals surface area contributed by atoms with E-state index >= 15 is 17.6 Å². The summed E-state index contributed by atoms with van der Waals surface area (Å²) in [5.41, 5.74) is -5.47. The first-order chi connectivity index (χ1) is 29.9. The molecule has 0 saturated carbocycles. The van der Waals surface area contributed by atoms with Gasteiger partial charge in [-0.25, -0.2) is 0 Å². The second kappa shape index (κ2) is 18.6. The highest BCUT2D eigenvalue weighted by atomic mass is 32.1. The SMILES string of the molecule is CCCCCCc1c(-c2ccc(-c3ccc(-c4sc5c(c4CCCCCC)C(=C(C#N)C#N)C(F)(F)C5=C(C#N)C#N)s3)s2)sc2c1C(=C(C#N)C#N)C(F)(F)C2=C(C#N)C#N. The lowest BCUT2D eigenvalue weighted by atomic mass is 9.94. The predicted octanol–water partition coefficient (Wildman–Crippen LogP) is 13.7. The molecule has 0 unspecified atom stereocenters. The van der Waals surface area contributed by atoms with Crippen molar-refractivity contribution in [3.63, 3.8) is 0 Å². The Morgan fingerprint density at radius 1 is 0.419 bits per heavy atom. The Labute approximate surface area is 371 Å². The molecule has 306 valence electrons. The summed E-state index contributed by atoms with van der Waals surface area (Å²) in [5, 5.41) is 78.3. The van der Waals surface area contributed by atoms with Crippen LogP contribution in [0.2, 0.25) is 0 Å². The highest BCUT2D eigenvalue weighted by Gasteiger charge is 2.55. The largest absolute Gasteiger partial charge is 0.304 e. The van der Waals surface area contributed by atoms with Crippen LogP contribution in [0.5, 0.6) is 0 Å². The Morgan fingerprint density at radius 3 is 1.03 bits per heavy atom. The quantitative estimate of drug-likeness (QED) is 0.0719. The molecular formula is C46H30F4N8S4. The molecule has 0 N–H and O–H groups in total. The van der Waals surface area contributed by atoms with Crippen molar-refractivity contribution < 1.29 is 17.6 Å². The molecule has 0 fully saturated rings. The van der Waals surface area contributed by atoms with Gasteiger partial charge in [0.15, 0.2) is 0 Å². The van der Waals surface area contributed by atoms with E-state index in [-0.39, 0.29) is 20.9 Å². The van der Waals surface area contributed by atoms with Gasteiger partial charge in [0.2, 0.25) is 0 Å². The molecule has 2 aliphatic rings. The van der Waals surface area contributed by atoms with Crippen molar-refractivity contribution in [3.8, 4) is 77.8 Å². The van der Waals surface area contributed by atoms with Crippen LogP contribution in [0.1, 0.15) is 97.2 Å². The van der Waals surface area contributed by atoms with Gasteiger partial charge < -0.3 is 0 Å². The van der Waals surface area contributed by atoms with Gasteiger partial charge in [0, 0.05) is 50.1 Å². The van der Waals surface area contributed by atoms with Crippen LogP contribution in [0.25, 0.3) is 51.6 Å². The topological polar surface area (TPSA) is 190 Å². The van der Waals surface area contributed by atoms with Crippen LogP contribution < -0.4 is 0 Å². The molecule has 4 heterocycles. The third-order valence-electron chi connectivity index (χ3n) is 10.6. The molecule has 0 spiro atoms. The highest BCUT2D eigenvalue weighted by molar-refractivity contribution is 7.29. The van der Waals surface area contributed by atoms with Gasteiger partial charge in [-0.2, -0.15) is 59.7 Å². The standard InChI is InChI=1S/C46H30F4N8S4/c1-3-5-7-9-11-29-35-37(25(17-51)18-52)45(47,48)39(27(21-55)22-56)43(35)61-41(29)33-15-13-31(59-33)32-14-16-34(60-32)42-30(12-10-8-6-4-2)36-38(26(19-53)20-54)46(49,50)40(44(36)62-42)28(23-57)24-58/h13-16H,3-12H2,1-2H3. The molecule has 0 amide bonds. The summed E-state index contributed by atoms with van der Waals surface area (Å²) < 4.78 is 65.1. The first kappa shape index (κ1) is 44.9. The third-order valence-corrected chi connectivity index (χ3v) is 15.8. The monoisotopic (exact) mass is 898 g/mol. The summed E-state index contributed by atoms with van der Waals surface area (Å²) in [5.74, 6) is -7.88. The molecule has 8 nitrogen and oxygen atoms in total. The first-order valence-electron chi connectivity index (χ1n) is 19.4. The highest BCUT2D eigenvalue weighted by Crippen LogP contribution is 2.62. The smallest absolute Gasteiger partial charge is 0.196 e. The van der Waals surface area contributed by atoms with Crippen molar-refractivity contribution in [1.82, 2.24) is 0 Å². The molecule has 6 rings (SSSR count). The number of fused-ring (bicyclic) bond motifs is 2. The fraction of sp³-hybridized carbons (Fsp3) is 0.304. The van der Waals surface area contributed by atoms with Crippen molar-refractivity contribution in [1.29, 1.82) is 42.1 Å². The zero-order valence-corrected chi connectivity index (χ0v) is 36.4. The van der Waals surface area contributed by atoms with Crippen LogP contribution in [-0.2, 0) is 12.8 Å². The second-order valence-electron chi connectivity index (χ2n) is 14.2. The lowest BCUT2D eigenvalue weighted by Gasteiger charge is -2.16. The van der Waals surface area contributed by atoms with E-state index in [1.807, 2.05) is 38.1 Å². The zero-order chi connectivity index (χ0) is 44.9. The summed E-state index contributed by atoms with van der Waals surface area (Å²) in [6, 6.07) is 20.1. The van der Waals surface area contributed by atoms with Crippen molar-refractivity contribution >= 4 is 67.6 Å². The van der Waals surface area contributed by atoms with Crippen LogP contribution in [0, 0.1) is 90.6 Å². The second-order valence-corrected chi connectivity index (χ2v) is 18.4. The lowest BCUT2D eigenvalue weighted by molar-refractivity contribution is 0.137. The summed E-state index contributed by atoms with van der Waals surface area (Å²) in [4.78, 5) is 4.08. The fourth-order valence-corrected chi connectivity index (χ4v) is 13.1. The average Bonchev–Trinajstić information content (AvgIpc) is 4.12. The average molecular weight is 899 g/mol. The Bertz CT molecular complexity index is 2730. The maximum Gasteiger partial charge on any atom is 0.304 e. The molecule has 0 atom stereocenters. The van der Waals surface area contributed by atoms with Crippen molar-refractivity contribution in [2.24, 2.45) is 0 Å². The van der Waals surface area contributed by atoms with Crippen molar-refractivity contribution in [3.05, 3.63) is 78.6 Å². The van der Waals surface area contributed by atoms with Gasteiger partial charge >= 0.3 is 11.8 Å². The normalized spacial score (nSPS) is 14.0. The minimum atomic E-state index is -3.94. The maximum absolute atomic E-state index is 16.3. The molecule has 0 aromatic carbocycles. The minimum absolute atomic E-state index is 0.00694. The van der Waals surface area contributed by atoms with Crippen molar-refractivity contribution in [2.45, 2.75) is 89.9 Å². The minimum Gasteiger partial charge on any atom is -0.196 e. The van der Waals surface area contributed by atoms with Gasteiger partial charge in [0.25, 0.3) is 0 Å².